The summed E-state index contributed by atoms with van der Waals surface area (Å²) < 4.78 is 12.9. The van der Waals surface area contributed by atoms with Crippen LogP contribution in [0.2, 0.25) is 18.1 Å². The van der Waals surface area contributed by atoms with E-state index in [-0.39, 0.29) is 0 Å². The van der Waals surface area contributed by atoms with E-state index in [0.29, 0.717) is 34.0 Å². The molecule has 2 nitrogen and oxygen atoms in total. The van der Waals surface area contributed by atoms with Crippen LogP contribution in [-0.2, 0) is 9.16 Å². The Labute approximate surface area is 187 Å². The molecule has 0 spiro atoms. The van der Waals surface area contributed by atoms with E-state index in [1.165, 1.54) is 44.9 Å². The van der Waals surface area contributed by atoms with Gasteiger partial charge in [-0.15, -0.1) is 0 Å². The first kappa shape index (κ1) is 22.6. The molecule has 170 valence electrons. The average molecular weight is 431 g/mol. The predicted molar refractivity (Wildman–Crippen MR) is 129 cm³/mol. The smallest absolute Gasteiger partial charge is 0.192 e. The summed E-state index contributed by atoms with van der Waals surface area (Å²) in [5.74, 6) is 3.04. The second-order valence-electron chi connectivity index (χ2n) is 13.0. The van der Waals surface area contributed by atoms with Gasteiger partial charge in [0.25, 0.3) is 0 Å². The lowest BCUT2D eigenvalue weighted by molar-refractivity contribution is -0.0898. The van der Waals surface area contributed by atoms with E-state index < -0.39 is 8.32 Å². The summed E-state index contributed by atoms with van der Waals surface area (Å²) in [6.07, 6.45) is 16.8. The molecule has 4 rings (SSSR count). The quantitative estimate of drug-likeness (QED) is 0.258. The van der Waals surface area contributed by atoms with Crippen molar-refractivity contribution in [2.75, 3.05) is 0 Å². The minimum Gasteiger partial charge on any atom is -0.498 e. The molecule has 0 heterocycles. The summed E-state index contributed by atoms with van der Waals surface area (Å²) in [6.45, 7) is 20.9. The zero-order valence-electron chi connectivity index (χ0n) is 20.7. The van der Waals surface area contributed by atoms with Crippen molar-refractivity contribution in [2.24, 2.45) is 34.5 Å². The third kappa shape index (κ3) is 3.47. The summed E-state index contributed by atoms with van der Waals surface area (Å²) in [5.41, 5.74) is 0.775. The summed E-state index contributed by atoms with van der Waals surface area (Å²) >= 11 is 0. The fraction of sp³-hybridized carbons (Fsp3) is 0.852. The normalized spacial score (nSPS) is 46.0. The van der Waals surface area contributed by atoms with E-state index in [0.717, 1.165) is 17.8 Å². The lowest BCUT2D eigenvalue weighted by Gasteiger charge is -2.59. The van der Waals surface area contributed by atoms with Gasteiger partial charge in [0.2, 0.25) is 0 Å². The monoisotopic (exact) mass is 430 g/mol. The zero-order chi connectivity index (χ0) is 21.9. The summed E-state index contributed by atoms with van der Waals surface area (Å²) in [5, 5.41) is 0.293. The Kier molecular flexibility index (Phi) is 5.67. The van der Waals surface area contributed by atoms with Crippen molar-refractivity contribution in [3.63, 3.8) is 0 Å². The Balaban J connectivity index is 1.52. The molecule has 0 aromatic heterocycles. The maximum absolute atomic E-state index is 6.88. The van der Waals surface area contributed by atoms with Crippen molar-refractivity contribution >= 4 is 8.32 Å². The molecule has 0 N–H and O–H groups in total. The topological polar surface area (TPSA) is 18.5 Å². The molecule has 0 saturated heterocycles. The number of rotatable bonds is 4. The lowest BCUT2D eigenvalue weighted by atomic mass is 9.47. The largest absolute Gasteiger partial charge is 0.498 e. The molecule has 3 fully saturated rings. The lowest BCUT2D eigenvalue weighted by Crippen LogP contribution is -2.54. The number of hydrogen-bond acceptors (Lipinski definition) is 2. The predicted octanol–water partition coefficient (Wildman–Crippen LogP) is 7.72. The van der Waals surface area contributed by atoms with Crippen LogP contribution < -0.4 is 0 Å². The fourth-order valence-electron chi connectivity index (χ4n) is 7.57. The van der Waals surface area contributed by atoms with Gasteiger partial charge in [-0.05, 0) is 92.2 Å². The first-order valence-corrected chi connectivity index (χ1v) is 15.5. The van der Waals surface area contributed by atoms with Crippen LogP contribution in [0.4, 0.5) is 0 Å². The van der Waals surface area contributed by atoms with Crippen LogP contribution in [0.25, 0.3) is 0 Å². The van der Waals surface area contributed by atoms with E-state index in [1.54, 1.807) is 6.26 Å². The van der Waals surface area contributed by atoms with Gasteiger partial charge in [0.05, 0.1) is 6.26 Å². The Morgan fingerprint density at radius 2 is 1.63 bits per heavy atom. The summed E-state index contributed by atoms with van der Waals surface area (Å²) in [4.78, 5) is 0. The van der Waals surface area contributed by atoms with Crippen molar-refractivity contribution in [3.8, 4) is 0 Å². The minimum absolute atomic E-state index is 0.293. The molecular weight excluding hydrogens is 384 g/mol. The first-order valence-electron chi connectivity index (χ1n) is 12.5. The number of fused-ring (bicyclic) bond motifs is 5. The molecule has 3 heteroatoms. The number of allylic oxidation sites excluding steroid dienone is 2. The second-order valence-corrected chi connectivity index (χ2v) is 17.7. The number of hydrogen-bond donors (Lipinski definition) is 0. The van der Waals surface area contributed by atoms with Gasteiger partial charge in [0, 0.05) is 11.5 Å². The van der Waals surface area contributed by atoms with Gasteiger partial charge in [0.1, 0.15) is 6.10 Å². The molecule has 0 amide bonds. The molecule has 1 unspecified atom stereocenters. The van der Waals surface area contributed by atoms with Crippen LogP contribution in [-0.4, -0.2) is 20.5 Å². The molecule has 0 aliphatic heterocycles. The molecule has 3 saturated carbocycles. The third-order valence-electron chi connectivity index (χ3n) is 10.6. The van der Waals surface area contributed by atoms with Crippen molar-refractivity contribution in [3.05, 3.63) is 25.0 Å². The van der Waals surface area contributed by atoms with E-state index in [4.69, 9.17) is 9.16 Å². The fourth-order valence-corrected chi connectivity index (χ4v) is 8.97. The SMILES string of the molecule is C=CO[C@H]1CC[C@H]2[C@@H]3C=C[C@H]4CC(O[Si](C)(C)C(C)(C)C)CC[C@]4(C)[C@H]3CC[C@]12C. The van der Waals surface area contributed by atoms with Gasteiger partial charge in [-0.2, -0.15) is 0 Å². The molecule has 0 aromatic rings. The molecule has 4 aliphatic carbocycles. The average Bonchev–Trinajstić information content (AvgIpc) is 2.98. The van der Waals surface area contributed by atoms with Crippen molar-refractivity contribution < 1.29 is 9.16 Å². The maximum Gasteiger partial charge on any atom is 0.192 e. The third-order valence-corrected chi connectivity index (χ3v) is 15.1. The highest BCUT2D eigenvalue weighted by Gasteiger charge is 2.60. The Bertz CT molecular complexity index is 691. The summed E-state index contributed by atoms with van der Waals surface area (Å²) in [7, 11) is -1.70. The van der Waals surface area contributed by atoms with Gasteiger partial charge < -0.3 is 9.16 Å². The highest BCUT2D eigenvalue weighted by atomic mass is 28.4. The minimum atomic E-state index is -1.70. The standard InChI is InChI=1S/C27H46O2Si/c1-9-28-24-13-12-22-21-11-10-19-18-20(29-30(7,8)25(2,3)4)14-16-26(19,5)23(21)15-17-27(22,24)6/h9-11,19-24H,1,12-18H2,2-8H3/t19-,20?,21-,22-,23-,24-,26-,27-/m0/s1. The molecule has 30 heavy (non-hydrogen) atoms. The van der Waals surface area contributed by atoms with Gasteiger partial charge in [-0.25, -0.2) is 0 Å². The van der Waals surface area contributed by atoms with Crippen molar-refractivity contribution in [1.82, 2.24) is 0 Å². The molecule has 8 atom stereocenters. The zero-order valence-corrected chi connectivity index (χ0v) is 21.7. The van der Waals surface area contributed by atoms with Crippen LogP contribution in [0.5, 0.6) is 0 Å². The Hall–Kier alpha value is -0.543. The molecule has 0 bridgehead atoms. The Morgan fingerprint density at radius 1 is 0.967 bits per heavy atom. The van der Waals surface area contributed by atoms with Crippen molar-refractivity contribution in [2.45, 2.75) is 110 Å². The highest BCUT2D eigenvalue weighted by Crippen LogP contribution is 2.65. The van der Waals surface area contributed by atoms with E-state index >= 15 is 0 Å². The molecule has 0 aromatic carbocycles. The second kappa shape index (κ2) is 7.51. The van der Waals surface area contributed by atoms with Gasteiger partial charge >= 0.3 is 0 Å². The van der Waals surface area contributed by atoms with E-state index in [9.17, 15) is 0 Å². The molecular formula is C27H46O2Si. The number of ether oxygens (including phenoxy) is 1. The van der Waals surface area contributed by atoms with Gasteiger partial charge in [0.15, 0.2) is 8.32 Å². The van der Waals surface area contributed by atoms with Crippen LogP contribution in [0, 0.1) is 34.5 Å². The van der Waals surface area contributed by atoms with Crippen LogP contribution >= 0.6 is 0 Å². The van der Waals surface area contributed by atoms with Gasteiger partial charge in [-0.3, -0.25) is 0 Å². The Morgan fingerprint density at radius 3 is 2.30 bits per heavy atom. The first-order chi connectivity index (χ1) is 13.9. The van der Waals surface area contributed by atoms with Crippen molar-refractivity contribution in [1.29, 1.82) is 0 Å². The summed E-state index contributed by atoms with van der Waals surface area (Å²) in [6, 6.07) is 0. The van der Waals surface area contributed by atoms with E-state index in [1.807, 2.05) is 0 Å². The maximum atomic E-state index is 6.88. The van der Waals surface area contributed by atoms with E-state index in [2.05, 4.69) is 66.4 Å². The van der Waals surface area contributed by atoms with Crippen LogP contribution in [0.1, 0.15) is 79.6 Å². The highest BCUT2D eigenvalue weighted by molar-refractivity contribution is 6.74. The molecule has 4 aliphatic rings. The van der Waals surface area contributed by atoms with Crippen LogP contribution in [0.3, 0.4) is 0 Å². The van der Waals surface area contributed by atoms with Gasteiger partial charge in [-0.1, -0.05) is 53.3 Å². The van der Waals surface area contributed by atoms with Crippen LogP contribution in [0.15, 0.2) is 25.0 Å². The molecule has 0 radical (unpaired) electrons.